The van der Waals surface area contributed by atoms with Crippen molar-refractivity contribution in [2.75, 3.05) is 20.2 Å². The van der Waals surface area contributed by atoms with Gasteiger partial charge in [-0.15, -0.1) is 0 Å². The summed E-state index contributed by atoms with van der Waals surface area (Å²) in [6.45, 7) is 4.74. The number of ether oxygens (including phenoxy) is 1. The van der Waals surface area contributed by atoms with E-state index in [4.69, 9.17) is 10.00 Å². The highest BCUT2D eigenvalue weighted by molar-refractivity contribution is 5.71. The Labute approximate surface area is 165 Å². The van der Waals surface area contributed by atoms with Gasteiger partial charge in [-0.2, -0.15) is 10.4 Å². The smallest absolute Gasteiger partial charge is 0.140 e. The van der Waals surface area contributed by atoms with Gasteiger partial charge in [0.15, 0.2) is 0 Å². The van der Waals surface area contributed by atoms with Crippen LogP contribution in [0.1, 0.15) is 29.9 Å². The number of nitrogens with zero attached hydrogens (tertiary/aromatic N) is 5. The van der Waals surface area contributed by atoms with Gasteiger partial charge in [-0.1, -0.05) is 31.2 Å². The SMILES string of the molecule is CCc1cccc(-c2cnn(C3CN(Cc4cccc(C#N)n4)C3)c2)c1OC. The quantitative estimate of drug-likeness (QED) is 0.662. The lowest BCUT2D eigenvalue weighted by molar-refractivity contribution is 0.0896. The Balaban J connectivity index is 1.43. The predicted octanol–water partition coefficient (Wildman–Crippen LogP) is 3.44. The number of nitriles is 1. The highest BCUT2D eigenvalue weighted by Gasteiger charge is 2.29. The number of para-hydroxylation sites is 1. The van der Waals surface area contributed by atoms with Crippen molar-refractivity contribution in [1.29, 1.82) is 5.26 Å². The molecule has 1 aromatic carbocycles. The molecule has 28 heavy (non-hydrogen) atoms. The minimum Gasteiger partial charge on any atom is -0.496 e. The van der Waals surface area contributed by atoms with E-state index in [2.05, 4.69) is 52.4 Å². The highest BCUT2D eigenvalue weighted by atomic mass is 16.5. The molecular formula is C22H23N5O. The molecule has 0 N–H and O–H groups in total. The fourth-order valence-corrected chi connectivity index (χ4v) is 3.71. The number of hydrogen-bond donors (Lipinski definition) is 0. The van der Waals surface area contributed by atoms with E-state index in [0.717, 1.165) is 48.6 Å². The average molecular weight is 373 g/mol. The van der Waals surface area contributed by atoms with Crippen molar-refractivity contribution in [2.45, 2.75) is 25.9 Å². The molecule has 0 atom stereocenters. The monoisotopic (exact) mass is 373 g/mol. The van der Waals surface area contributed by atoms with Crippen LogP contribution in [0.15, 0.2) is 48.8 Å². The van der Waals surface area contributed by atoms with E-state index in [0.29, 0.717) is 11.7 Å². The van der Waals surface area contributed by atoms with Gasteiger partial charge in [-0.25, -0.2) is 4.98 Å². The summed E-state index contributed by atoms with van der Waals surface area (Å²) in [5.74, 6) is 0.934. The first-order chi connectivity index (χ1) is 13.7. The molecule has 0 bridgehead atoms. The van der Waals surface area contributed by atoms with Gasteiger partial charge in [0, 0.05) is 37.0 Å². The third-order valence-corrected chi connectivity index (χ3v) is 5.21. The molecule has 0 saturated carbocycles. The van der Waals surface area contributed by atoms with Crippen molar-refractivity contribution in [3.63, 3.8) is 0 Å². The normalized spacial score (nSPS) is 14.5. The van der Waals surface area contributed by atoms with Gasteiger partial charge < -0.3 is 4.74 Å². The molecule has 1 aliphatic rings. The third-order valence-electron chi connectivity index (χ3n) is 5.21. The highest BCUT2D eigenvalue weighted by Crippen LogP contribution is 2.34. The maximum absolute atomic E-state index is 8.98. The van der Waals surface area contributed by atoms with Crippen LogP contribution in [-0.2, 0) is 13.0 Å². The number of aryl methyl sites for hydroxylation is 1. The van der Waals surface area contributed by atoms with Crippen LogP contribution >= 0.6 is 0 Å². The zero-order valence-electron chi connectivity index (χ0n) is 16.2. The fraction of sp³-hybridized carbons (Fsp3) is 0.318. The Hall–Kier alpha value is -3.17. The molecule has 1 aliphatic heterocycles. The lowest BCUT2D eigenvalue weighted by atomic mass is 10.0. The topological polar surface area (TPSA) is 67.0 Å². The van der Waals surface area contributed by atoms with Crippen LogP contribution in [0.5, 0.6) is 5.75 Å². The van der Waals surface area contributed by atoms with Gasteiger partial charge in [-0.3, -0.25) is 9.58 Å². The van der Waals surface area contributed by atoms with Crippen LogP contribution in [0.3, 0.4) is 0 Å². The molecule has 6 heteroatoms. The first-order valence-corrected chi connectivity index (χ1v) is 9.50. The third kappa shape index (κ3) is 3.49. The van der Waals surface area contributed by atoms with Gasteiger partial charge in [0.1, 0.15) is 17.5 Å². The lowest BCUT2D eigenvalue weighted by Crippen LogP contribution is -2.47. The summed E-state index contributed by atoms with van der Waals surface area (Å²) in [6.07, 6.45) is 4.95. The molecule has 1 saturated heterocycles. The Bertz CT molecular complexity index is 1010. The van der Waals surface area contributed by atoms with E-state index in [1.807, 2.05) is 23.0 Å². The minimum absolute atomic E-state index is 0.355. The molecule has 0 amide bonds. The van der Waals surface area contributed by atoms with E-state index in [-0.39, 0.29) is 0 Å². The molecule has 2 aromatic heterocycles. The second-order valence-electron chi connectivity index (χ2n) is 7.03. The molecule has 0 unspecified atom stereocenters. The van der Waals surface area contributed by atoms with Crippen LogP contribution in [0.4, 0.5) is 0 Å². The van der Waals surface area contributed by atoms with E-state index in [1.54, 1.807) is 13.2 Å². The van der Waals surface area contributed by atoms with Crippen molar-refractivity contribution in [1.82, 2.24) is 19.7 Å². The Morgan fingerprint density at radius 3 is 2.79 bits per heavy atom. The summed E-state index contributed by atoms with van der Waals surface area (Å²) >= 11 is 0. The number of benzene rings is 1. The number of likely N-dealkylation sites (tertiary alicyclic amines) is 1. The van der Waals surface area contributed by atoms with Crippen molar-refractivity contribution in [2.24, 2.45) is 0 Å². The van der Waals surface area contributed by atoms with Crippen LogP contribution in [0, 0.1) is 11.3 Å². The van der Waals surface area contributed by atoms with E-state index in [1.165, 1.54) is 5.56 Å². The molecule has 3 heterocycles. The molecule has 0 radical (unpaired) electrons. The summed E-state index contributed by atoms with van der Waals surface area (Å²) in [5.41, 5.74) is 4.76. The second-order valence-corrected chi connectivity index (χ2v) is 7.03. The van der Waals surface area contributed by atoms with Crippen LogP contribution in [0.2, 0.25) is 0 Å². The molecule has 0 spiro atoms. The van der Waals surface area contributed by atoms with Gasteiger partial charge in [-0.05, 0) is 24.1 Å². The number of rotatable bonds is 6. The Morgan fingerprint density at radius 1 is 1.21 bits per heavy atom. The summed E-state index contributed by atoms with van der Waals surface area (Å²) < 4.78 is 7.70. The average Bonchev–Trinajstić information content (AvgIpc) is 3.19. The molecular weight excluding hydrogens is 350 g/mol. The first-order valence-electron chi connectivity index (χ1n) is 9.50. The number of pyridine rings is 1. The molecule has 4 rings (SSSR count). The van der Waals surface area contributed by atoms with Crippen LogP contribution < -0.4 is 4.74 Å². The molecule has 1 fully saturated rings. The molecule has 6 nitrogen and oxygen atoms in total. The zero-order chi connectivity index (χ0) is 19.5. The maximum atomic E-state index is 8.98. The van der Waals surface area contributed by atoms with E-state index >= 15 is 0 Å². The number of aromatic nitrogens is 3. The number of methoxy groups -OCH3 is 1. The van der Waals surface area contributed by atoms with Gasteiger partial charge in [0.25, 0.3) is 0 Å². The number of hydrogen-bond acceptors (Lipinski definition) is 5. The van der Waals surface area contributed by atoms with Crippen LogP contribution in [0.25, 0.3) is 11.1 Å². The van der Waals surface area contributed by atoms with Crippen molar-refractivity contribution in [3.8, 4) is 22.9 Å². The largest absolute Gasteiger partial charge is 0.496 e. The van der Waals surface area contributed by atoms with Crippen molar-refractivity contribution >= 4 is 0 Å². The second kappa shape index (κ2) is 7.83. The Morgan fingerprint density at radius 2 is 2.04 bits per heavy atom. The van der Waals surface area contributed by atoms with Gasteiger partial charge in [0.2, 0.25) is 0 Å². The van der Waals surface area contributed by atoms with Gasteiger partial charge >= 0.3 is 0 Å². The fourth-order valence-electron chi connectivity index (χ4n) is 3.71. The van der Waals surface area contributed by atoms with E-state index in [9.17, 15) is 0 Å². The van der Waals surface area contributed by atoms with Crippen molar-refractivity contribution < 1.29 is 4.74 Å². The van der Waals surface area contributed by atoms with Crippen LogP contribution in [-0.4, -0.2) is 39.9 Å². The standard InChI is InChI=1S/C22H23N5O/c1-3-16-6-4-9-21(22(16)28-2)17-11-24-27(12-17)20-14-26(15-20)13-19-8-5-7-18(10-23)25-19/h4-9,11-12,20H,3,13-15H2,1-2H3. The predicted molar refractivity (Wildman–Crippen MR) is 107 cm³/mol. The van der Waals surface area contributed by atoms with Gasteiger partial charge in [0.05, 0.1) is 25.0 Å². The molecule has 0 aliphatic carbocycles. The summed E-state index contributed by atoms with van der Waals surface area (Å²) in [4.78, 5) is 6.66. The maximum Gasteiger partial charge on any atom is 0.140 e. The van der Waals surface area contributed by atoms with Crippen molar-refractivity contribution in [3.05, 3.63) is 65.7 Å². The minimum atomic E-state index is 0.355. The summed E-state index contributed by atoms with van der Waals surface area (Å²) in [7, 11) is 1.72. The summed E-state index contributed by atoms with van der Waals surface area (Å²) in [5, 5.41) is 13.6. The Kier molecular flexibility index (Phi) is 5.09. The summed E-state index contributed by atoms with van der Waals surface area (Å²) in [6, 6.07) is 14.3. The lowest BCUT2D eigenvalue weighted by Gasteiger charge is -2.38. The first kappa shape index (κ1) is 18.2. The molecule has 3 aromatic rings. The zero-order valence-corrected chi connectivity index (χ0v) is 16.2. The van der Waals surface area contributed by atoms with E-state index < -0.39 is 0 Å². The molecule has 142 valence electrons.